The molecule has 0 bridgehead atoms. The number of aryl methyl sites for hydroxylation is 3. The summed E-state index contributed by atoms with van der Waals surface area (Å²) in [6.07, 6.45) is -2.10. The van der Waals surface area contributed by atoms with Gasteiger partial charge in [0.1, 0.15) is 0 Å². The molecule has 0 aliphatic carbocycles. The van der Waals surface area contributed by atoms with Crippen LogP contribution in [-0.4, -0.2) is 20.9 Å². The molecular formula is C26H24F3N5O. The first-order valence-corrected chi connectivity index (χ1v) is 11.1. The Morgan fingerprint density at radius 3 is 2.46 bits per heavy atom. The topological polar surface area (TPSA) is 85.8 Å². The minimum absolute atomic E-state index is 0.157. The number of hydrogen-bond donors (Lipinski definition) is 2. The van der Waals surface area contributed by atoms with Gasteiger partial charge in [0.15, 0.2) is 0 Å². The predicted molar refractivity (Wildman–Crippen MR) is 128 cm³/mol. The third kappa shape index (κ3) is 6.26. The number of halogens is 3. The van der Waals surface area contributed by atoms with Crippen LogP contribution >= 0.6 is 0 Å². The van der Waals surface area contributed by atoms with Gasteiger partial charge < -0.3 is 11.1 Å². The average molecular weight is 480 g/mol. The Hall–Kier alpha value is -4.14. The van der Waals surface area contributed by atoms with E-state index in [-0.39, 0.29) is 30.9 Å². The van der Waals surface area contributed by atoms with Crippen molar-refractivity contribution < 1.29 is 18.0 Å². The molecule has 9 heteroatoms. The van der Waals surface area contributed by atoms with Crippen LogP contribution in [0.15, 0.2) is 79.0 Å². The second kappa shape index (κ2) is 10.4. The van der Waals surface area contributed by atoms with Gasteiger partial charge in [0, 0.05) is 25.6 Å². The maximum Gasteiger partial charge on any atom is 0.416 e. The fourth-order valence-electron chi connectivity index (χ4n) is 3.74. The van der Waals surface area contributed by atoms with Crippen LogP contribution in [0, 0.1) is 0 Å². The second-order valence-corrected chi connectivity index (χ2v) is 8.09. The van der Waals surface area contributed by atoms with Crippen LogP contribution in [0.4, 0.5) is 24.5 Å². The largest absolute Gasteiger partial charge is 0.416 e. The highest BCUT2D eigenvalue weighted by molar-refractivity contribution is 5.95. The molecule has 35 heavy (non-hydrogen) atoms. The van der Waals surface area contributed by atoms with Crippen LogP contribution in [0.25, 0.3) is 11.1 Å². The standard InChI is InChI=1S/C26H24F3N5O/c27-26(28,29)22-9-5-4-8-19(22)14-15-34-17-21(32-33-34)11-13-25(35)31-24-16-20(10-12-23(24)30)18-6-2-1-3-7-18/h1-10,12,16-17H,11,13-15,30H2,(H,31,35). The van der Waals surface area contributed by atoms with E-state index in [1.807, 2.05) is 42.5 Å². The first kappa shape index (κ1) is 24.0. The summed E-state index contributed by atoms with van der Waals surface area (Å²) < 4.78 is 41.0. The summed E-state index contributed by atoms with van der Waals surface area (Å²) in [6.45, 7) is 0.245. The first-order valence-electron chi connectivity index (χ1n) is 11.1. The highest BCUT2D eigenvalue weighted by Crippen LogP contribution is 2.32. The Labute approximate surface area is 200 Å². The van der Waals surface area contributed by atoms with E-state index < -0.39 is 11.7 Å². The normalized spacial score (nSPS) is 11.4. The molecular weight excluding hydrogens is 455 g/mol. The van der Waals surface area contributed by atoms with Crippen LogP contribution < -0.4 is 11.1 Å². The van der Waals surface area contributed by atoms with Crippen molar-refractivity contribution >= 4 is 17.3 Å². The Balaban J connectivity index is 1.32. The molecule has 0 fully saturated rings. The van der Waals surface area contributed by atoms with Gasteiger partial charge in [-0.25, -0.2) is 0 Å². The molecule has 3 aromatic carbocycles. The smallest absolute Gasteiger partial charge is 0.397 e. The molecule has 0 radical (unpaired) electrons. The number of carbonyl (C=O) groups excluding carboxylic acids is 1. The first-order chi connectivity index (χ1) is 16.8. The summed E-state index contributed by atoms with van der Waals surface area (Å²) >= 11 is 0. The van der Waals surface area contributed by atoms with Gasteiger partial charge >= 0.3 is 6.18 Å². The summed E-state index contributed by atoms with van der Waals surface area (Å²) in [7, 11) is 0. The Kier molecular flexibility index (Phi) is 7.14. The van der Waals surface area contributed by atoms with Crippen molar-refractivity contribution in [1.82, 2.24) is 15.0 Å². The van der Waals surface area contributed by atoms with Crippen molar-refractivity contribution in [3.05, 3.63) is 95.8 Å². The third-order valence-corrected chi connectivity index (χ3v) is 5.56. The average Bonchev–Trinajstić information content (AvgIpc) is 3.31. The molecule has 0 unspecified atom stereocenters. The van der Waals surface area contributed by atoms with Gasteiger partial charge in [-0.2, -0.15) is 13.2 Å². The number of benzene rings is 3. The minimum Gasteiger partial charge on any atom is -0.397 e. The van der Waals surface area contributed by atoms with Crippen molar-refractivity contribution in [1.29, 1.82) is 0 Å². The molecule has 4 aromatic rings. The zero-order chi connectivity index (χ0) is 24.8. The number of rotatable bonds is 8. The third-order valence-electron chi connectivity index (χ3n) is 5.56. The van der Waals surface area contributed by atoms with Gasteiger partial charge in [-0.1, -0.05) is 59.8 Å². The van der Waals surface area contributed by atoms with Gasteiger partial charge in [0.05, 0.1) is 22.6 Å². The number of anilines is 2. The zero-order valence-corrected chi connectivity index (χ0v) is 18.8. The highest BCUT2D eigenvalue weighted by atomic mass is 19.4. The summed E-state index contributed by atoms with van der Waals surface area (Å²) in [4.78, 5) is 12.5. The zero-order valence-electron chi connectivity index (χ0n) is 18.8. The van der Waals surface area contributed by atoms with Gasteiger partial charge in [-0.05, 0) is 41.3 Å². The Morgan fingerprint density at radius 2 is 1.69 bits per heavy atom. The van der Waals surface area contributed by atoms with E-state index in [4.69, 9.17) is 5.73 Å². The molecule has 3 N–H and O–H groups in total. The van der Waals surface area contributed by atoms with Crippen molar-refractivity contribution in [2.45, 2.75) is 32.0 Å². The molecule has 1 aromatic heterocycles. The molecule has 6 nitrogen and oxygen atoms in total. The number of nitrogens with two attached hydrogens (primary N) is 1. The van der Waals surface area contributed by atoms with E-state index in [0.29, 0.717) is 23.5 Å². The monoisotopic (exact) mass is 479 g/mol. The van der Waals surface area contributed by atoms with E-state index in [1.165, 1.54) is 16.8 Å². The minimum atomic E-state index is -4.40. The molecule has 0 spiro atoms. The number of nitrogen functional groups attached to an aromatic ring is 1. The van der Waals surface area contributed by atoms with Crippen molar-refractivity contribution in [2.75, 3.05) is 11.1 Å². The molecule has 180 valence electrons. The van der Waals surface area contributed by atoms with E-state index in [1.54, 1.807) is 18.3 Å². The van der Waals surface area contributed by atoms with Crippen molar-refractivity contribution in [3.8, 4) is 11.1 Å². The lowest BCUT2D eigenvalue weighted by Crippen LogP contribution is -2.13. The molecule has 0 saturated carbocycles. The van der Waals surface area contributed by atoms with Gasteiger partial charge in [-0.15, -0.1) is 5.10 Å². The molecule has 1 amide bonds. The number of hydrogen-bond acceptors (Lipinski definition) is 4. The van der Waals surface area contributed by atoms with Crippen LogP contribution in [0.3, 0.4) is 0 Å². The van der Waals surface area contributed by atoms with Gasteiger partial charge in [0.25, 0.3) is 0 Å². The molecule has 1 heterocycles. The fraction of sp³-hybridized carbons (Fsp3) is 0.192. The van der Waals surface area contributed by atoms with Gasteiger partial charge in [-0.3, -0.25) is 9.48 Å². The number of nitrogens with one attached hydrogen (secondary N) is 1. The molecule has 4 rings (SSSR count). The van der Waals surface area contributed by atoms with E-state index in [9.17, 15) is 18.0 Å². The lowest BCUT2D eigenvalue weighted by Gasteiger charge is -2.12. The summed E-state index contributed by atoms with van der Waals surface area (Å²) in [5.74, 6) is -0.226. The van der Waals surface area contributed by atoms with Crippen LogP contribution in [-0.2, 0) is 30.4 Å². The van der Waals surface area contributed by atoms with E-state index in [2.05, 4.69) is 15.6 Å². The van der Waals surface area contributed by atoms with Crippen molar-refractivity contribution in [3.63, 3.8) is 0 Å². The van der Waals surface area contributed by atoms with Gasteiger partial charge in [0.2, 0.25) is 5.91 Å². The maximum atomic E-state index is 13.2. The second-order valence-electron chi connectivity index (χ2n) is 8.09. The fourth-order valence-corrected chi connectivity index (χ4v) is 3.74. The molecule has 0 atom stereocenters. The maximum absolute atomic E-state index is 13.2. The molecule has 0 aliphatic rings. The number of aromatic nitrogens is 3. The Bertz CT molecular complexity index is 1300. The lowest BCUT2D eigenvalue weighted by atomic mass is 10.0. The number of nitrogens with zero attached hydrogens (tertiary/aromatic N) is 3. The van der Waals surface area contributed by atoms with Crippen LogP contribution in [0.5, 0.6) is 0 Å². The van der Waals surface area contributed by atoms with E-state index >= 15 is 0 Å². The summed E-state index contributed by atoms with van der Waals surface area (Å²) in [5.41, 5.74) is 9.11. The lowest BCUT2D eigenvalue weighted by molar-refractivity contribution is -0.138. The van der Waals surface area contributed by atoms with E-state index in [0.717, 1.165) is 17.2 Å². The summed E-state index contributed by atoms with van der Waals surface area (Å²) in [5, 5.41) is 10.9. The molecule has 0 saturated heterocycles. The molecule has 0 aliphatic heterocycles. The van der Waals surface area contributed by atoms with Crippen molar-refractivity contribution in [2.24, 2.45) is 0 Å². The predicted octanol–water partition coefficient (Wildman–Crippen LogP) is 5.36. The SMILES string of the molecule is Nc1ccc(-c2ccccc2)cc1NC(=O)CCc1cn(CCc2ccccc2C(F)(F)F)nn1. The van der Waals surface area contributed by atoms with Crippen LogP contribution in [0.1, 0.15) is 23.2 Å². The quantitative estimate of drug-likeness (QED) is 0.333. The number of amides is 1. The highest BCUT2D eigenvalue weighted by Gasteiger charge is 2.32. The Morgan fingerprint density at radius 1 is 0.943 bits per heavy atom. The summed E-state index contributed by atoms with van der Waals surface area (Å²) in [6, 6.07) is 20.7. The number of alkyl halides is 3. The number of carbonyl (C=O) groups is 1. The van der Waals surface area contributed by atoms with Crippen LogP contribution in [0.2, 0.25) is 0 Å².